The molecule has 0 heterocycles. The van der Waals surface area contributed by atoms with Crippen molar-refractivity contribution in [3.05, 3.63) is 63.6 Å². The second kappa shape index (κ2) is 6.09. The van der Waals surface area contributed by atoms with E-state index in [4.69, 9.17) is 27.9 Å². The lowest BCUT2D eigenvalue weighted by molar-refractivity contribution is 0.0735. The largest absolute Gasteiger partial charge is 0.423 e. The molecule has 0 atom stereocenters. The lowest BCUT2D eigenvalue weighted by Crippen LogP contribution is -2.09. The Bertz CT molecular complexity index is 592. The highest BCUT2D eigenvalue weighted by atomic mass is 35.5. The molecule has 0 bridgehead atoms. The van der Waals surface area contributed by atoms with Crippen LogP contribution in [-0.2, 0) is 6.42 Å². The van der Waals surface area contributed by atoms with E-state index >= 15 is 0 Å². The number of aryl methyl sites for hydroxylation is 1. The molecule has 0 aliphatic carbocycles. The molecule has 0 fully saturated rings. The fourth-order valence-corrected chi connectivity index (χ4v) is 1.99. The molecule has 2 nitrogen and oxygen atoms in total. The molecule has 2 rings (SSSR count). The van der Waals surface area contributed by atoms with Gasteiger partial charge in [0.05, 0.1) is 15.6 Å². The number of halogens is 2. The van der Waals surface area contributed by atoms with Crippen LogP contribution in [0, 0.1) is 0 Å². The first-order chi connectivity index (χ1) is 9.11. The Morgan fingerprint density at radius 2 is 1.79 bits per heavy atom. The smallest absolute Gasteiger partial charge is 0.345 e. The van der Waals surface area contributed by atoms with E-state index in [1.165, 1.54) is 5.56 Å². The Morgan fingerprint density at radius 1 is 1.11 bits per heavy atom. The lowest BCUT2D eigenvalue weighted by Gasteiger charge is -2.07. The number of ether oxygens (including phenoxy) is 1. The van der Waals surface area contributed by atoms with Crippen molar-refractivity contribution in [3.8, 4) is 5.75 Å². The number of rotatable bonds is 3. The Balaban J connectivity index is 2.18. The minimum Gasteiger partial charge on any atom is -0.423 e. The molecule has 0 saturated carbocycles. The van der Waals surface area contributed by atoms with Gasteiger partial charge in [0.15, 0.2) is 0 Å². The first kappa shape index (κ1) is 13.9. The third-order valence-electron chi connectivity index (χ3n) is 2.71. The van der Waals surface area contributed by atoms with Crippen molar-refractivity contribution in [1.82, 2.24) is 0 Å². The zero-order chi connectivity index (χ0) is 13.8. The minimum absolute atomic E-state index is 0.208. The molecule has 98 valence electrons. The Hall–Kier alpha value is -1.51. The van der Waals surface area contributed by atoms with Gasteiger partial charge in [-0.2, -0.15) is 0 Å². The van der Waals surface area contributed by atoms with Gasteiger partial charge in [0, 0.05) is 0 Å². The molecule has 2 aromatic rings. The molecule has 0 radical (unpaired) electrons. The molecule has 0 unspecified atom stereocenters. The zero-order valence-electron chi connectivity index (χ0n) is 10.3. The normalized spacial score (nSPS) is 10.3. The van der Waals surface area contributed by atoms with Crippen molar-refractivity contribution in [2.24, 2.45) is 0 Å². The third-order valence-corrected chi connectivity index (χ3v) is 3.53. The van der Waals surface area contributed by atoms with E-state index in [-0.39, 0.29) is 10.6 Å². The van der Waals surface area contributed by atoms with Gasteiger partial charge in [0.2, 0.25) is 0 Å². The molecule has 0 N–H and O–H groups in total. The third kappa shape index (κ3) is 3.28. The van der Waals surface area contributed by atoms with Crippen molar-refractivity contribution in [3.63, 3.8) is 0 Å². The van der Waals surface area contributed by atoms with Crippen LogP contribution >= 0.6 is 23.2 Å². The van der Waals surface area contributed by atoms with Gasteiger partial charge in [-0.3, -0.25) is 0 Å². The topological polar surface area (TPSA) is 26.3 Å². The second-order valence-corrected chi connectivity index (χ2v) is 4.77. The monoisotopic (exact) mass is 294 g/mol. The van der Waals surface area contributed by atoms with E-state index < -0.39 is 5.97 Å². The molecule has 0 aliphatic rings. The van der Waals surface area contributed by atoms with Gasteiger partial charge >= 0.3 is 5.97 Å². The van der Waals surface area contributed by atoms with Crippen LogP contribution in [0.5, 0.6) is 5.75 Å². The average Bonchev–Trinajstić information content (AvgIpc) is 2.42. The number of benzene rings is 2. The summed E-state index contributed by atoms with van der Waals surface area (Å²) in [5, 5.41) is 0.539. The van der Waals surface area contributed by atoms with Gasteiger partial charge in [-0.05, 0) is 36.2 Å². The summed E-state index contributed by atoms with van der Waals surface area (Å²) in [6.07, 6.45) is 0.939. The van der Waals surface area contributed by atoms with Crippen LogP contribution < -0.4 is 4.74 Å². The van der Waals surface area contributed by atoms with Crippen molar-refractivity contribution in [1.29, 1.82) is 0 Å². The van der Waals surface area contributed by atoms with Crippen LogP contribution in [0.4, 0.5) is 0 Å². The maximum atomic E-state index is 12.0. The highest BCUT2D eigenvalue weighted by molar-refractivity contribution is 6.43. The van der Waals surface area contributed by atoms with E-state index in [0.717, 1.165) is 6.42 Å². The molecule has 0 saturated heterocycles. The van der Waals surface area contributed by atoms with Crippen molar-refractivity contribution >= 4 is 29.2 Å². The van der Waals surface area contributed by atoms with E-state index in [1.54, 1.807) is 30.3 Å². The highest BCUT2D eigenvalue weighted by Gasteiger charge is 2.14. The molecule has 2 aromatic carbocycles. The number of carbonyl (C=O) groups is 1. The summed E-state index contributed by atoms with van der Waals surface area (Å²) in [6.45, 7) is 2.06. The van der Waals surface area contributed by atoms with E-state index in [0.29, 0.717) is 10.8 Å². The van der Waals surface area contributed by atoms with Crippen molar-refractivity contribution in [2.45, 2.75) is 13.3 Å². The van der Waals surface area contributed by atoms with Gasteiger partial charge in [0.1, 0.15) is 5.75 Å². The average molecular weight is 295 g/mol. The first-order valence-corrected chi connectivity index (χ1v) is 6.62. The summed E-state index contributed by atoms with van der Waals surface area (Å²) in [5.41, 5.74) is 1.44. The molecule has 0 aromatic heterocycles. The van der Waals surface area contributed by atoms with Crippen molar-refractivity contribution < 1.29 is 9.53 Å². The fraction of sp³-hybridized carbons (Fsp3) is 0.133. The number of hydrogen-bond donors (Lipinski definition) is 0. The fourth-order valence-electron chi connectivity index (χ4n) is 1.62. The zero-order valence-corrected chi connectivity index (χ0v) is 11.8. The van der Waals surface area contributed by atoms with E-state index in [2.05, 4.69) is 6.92 Å². The lowest BCUT2D eigenvalue weighted by atomic mass is 10.2. The molecular formula is C15H12Cl2O2. The summed E-state index contributed by atoms with van der Waals surface area (Å²) >= 11 is 11.8. The molecule has 0 aliphatic heterocycles. The standard InChI is InChI=1S/C15H12Cl2O2/c1-2-10-6-8-11(9-7-10)19-15(18)12-4-3-5-13(16)14(12)17/h3-9H,2H2,1H3. The summed E-state index contributed by atoms with van der Waals surface area (Å²) in [6, 6.07) is 12.2. The Kier molecular flexibility index (Phi) is 4.46. The van der Waals surface area contributed by atoms with Crippen LogP contribution in [-0.4, -0.2) is 5.97 Å². The maximum Gasteiger partial charge on any atom is 0.345 e. The molecule has 0 spiro atoms. The van der Waals surface area contributed by atoms with Crippen LogP contribution in [0.25, 0.3) is 0 Å². The van der Waals surface area contributed by atoms with Gasteiger partial charge in [0.25, 0.3) is 0 Å². The number of carbonyl (C=O) groups excluding carboxylic acids is 1. The summed E-state index contributed by atoms with van der Waals surface area (Å²) in [7, 11) is 0. The van der Waals surface area contributed by atoms with Gasteiger partial charge in [-0.15, -0.1) is 0 Å². The number of hydrogen-bond acceptors (Lipinski definition) is 2. The summed E-state index contributed by atoms with van der Waals surface area (Å²) < 4.78 is 5.25. The van der Waals surface area contributed by atoms with Crippen LogP contribution in [0.3, 0.4) is 0 Å². The predicted octanol–water partition coefficient (Wildman–Crippen LogP) is 4.78. The summed E-state index contributed by atoms with van der Waals surface area (Å²) in [5.74, 6) is -0.0324. The van der Waals surface area contributed by atoms with Gasteiger partial charge in [-0.1, -0.05) is 48.3 Å². The quantitative estimate of drug-likeness (QED) is 0.602. The molecule has 19 heavy (non-hydrogen) atoms. The van der Waals surface area contributed by atoms with E-state index in [1.807, 2.05) is 12.1 Å². The Labute approximate surface area is 121 Å². The maximum absolute atomic E-state index is 12.0. The Morgan fingerprint density at radius 3 is 2.42 bits per heavy atom. The molecule has 4 heteroatoms. The van der Waals surface area contributed by atoms with Crippen LogP contribution in [0.15, 0.2) is 42.5 Å². The predicted molar refractivity (Wildman–Crippen MR) is 77.2 cm³/mol. The summed E-state index contributed by atoms with van der Waals surface area (Å²) in [4.78, 5) is 12.0. The minimum atomic E-state index is -0.517. The first-order valence-electron chi connectivity index (χ1n) is 5.87. The van der Waals surface area contributed by atoms with Crippen molar-refractivity contribution in [2.75, 3.05) is 0 Å². The second-order valence-electron chi connectivity index (χ2n) is 3.99. The van der Waals surface area contributed by atoms with Crippen LogP contribution in [0.2, 0.25) is 10.0 Å². The van der Waals surface area contributed by atoms with Gasteiger partial charge in [-0.25, -0.2) is 4.79 Å². The van der Waals surface area contributed by atoms with E-state index in [9.17, 15) is 4.79 Å². The molecular weight excluding hydrogens is 283 g/mol. The molecule has 0 amide bonds. The van der Waals surface area contributed by atoms with Crippen LogP contribution in [0.1, 0.15) is 22.8 Å². The van der Waals surface area contributed by atoms with Gasteiger partial charge < -0.3 is 4.74 Å². The highest BCUT2D eigenvalue weighted by Crippen LogP contribution is 2.26. The SMILES string of the molecule is CCc1ccc(OC(=O)c2cccc(Cl)c2Cl)cc1. The number of esters is 1.